The number of nitrogens with zero attached hydrogens (tertiary/aromatic N) is 3. The van der Waals surface area contributed by atoms with Crippen LogP contribution in [-0.2, 0) is 6.42 Å². The number of rotatable bonds is 3. The summed E-state index contributed by atoms with van der Waals surface area (Å²) in [4.78, 5) is 32.1. The van der Waals surface area contributed by atoms with Crippen LogP contribution in [-0.4, -0.2) is 45.7 Å². The Morgan fingerprint density at radius 2 is 2.04 bits per heavy atom. The van der Waals surface area contributed by atoms with Crippen molar-refractivity contribution in [1.82, 2.24) is 14.5 Å². The molecule has 2 aromatic rings. The number of carboxylic acids is 1. The van der Waals surface area contributed by atoms with Gasteiger partial charge in [-0.1, -0.05) is 6.92 Å². The summed E-state index contributed by atoms with van der Waals surface area (Å²) in [5, 5.41) is 9.78. The zero-order chi connectivity index (χ0) is 16.7. The molecule has 0 saturated carbocycles. The molecule has 1 N–H and O–H groups in total. The predicted molar refractivity (Wildman–Crippen MR) is 90.7 cm³/mol. The van der Waals surface area contributed by atoms with Gasteiger partial charge in [0.15, 0.2) is 0 Å². The molecule has 1 aliphatic rings. The summed E-state index contributed by atoms with van der Waals surface area (Å²) in [6.07, 6.45) is 2.51. The fourth-order valence-electron chi connectivity index (χ4n) is 3.32. The van der Waals surface area contributed by atoms with E-state index in [1.165, 1.54) is 0 Å². The van der Waals surface area contributed by atoms with E-state index in [4.69, 9.17) is 0 Å². The van der Waals surface area contributed by atoms with Gasteiger partial charge in [0.2, 0.25) is 0 Å². The summed E-state index contributed by atoms with van der Waals surface area (Å²) < 4.78 is 1.82. The molecule has 6 nitrogen and oxygen atoms in total. The molecule has 124 valence electrons. The minimum Gasteiger partial charge on any atom is -0.477 e. The molecule has 3 rings (SSSR count). The van der Waals surface area contributed by atoms with E-state index in [9.17, 15) is 14.7 Å². The third-order valence-corrected chi connectivity index (χ3v) is 5.81. The molecule has 3 heterocycles. The second-order valence-electron chi connectivity index (χ2n) is 6.13. The molecule has 1 fully saturated rings. The van der Waals surface area contributed by atoms with Gasteiger partial charge in [0, 0.05) is 12.5 Å². The Hall–Kier alpha value is -1.73. The molecule has 23 heavy (non-hydrogen) atoms. The molecule has 0 aliphatic carbocycles. The Bertz CT molecular complexity index is 816. The zero-order valence-electron chi connectivity index (χ0n) is 13.6. The van der Waals surface area contributed by atoms with Crippen molar-refractivity contribution in [3.63, 3.8) is 0 Å². The van der Waals surface area contributed by atoms with Crippen LogP contribution in [0.4, 0.5) is 0 Å². The van der Waals surface area contributed by atoms with Crippen molar-refractivity contribution in [2.24, 2.45) is 0 Å². The number of carboxylic acid groups (broad SMARTS) is 1. The lowest BCUT2D eigenvalue weighted by molar-refractivity contribution is 0.0701. The molecule has 2 aromatic heterocycles. The van der Waals surface area contributed by atoms with Crippen molar-refractivity contribution in [3.05, 3.63) is 26.6 Å². The standard InChI is InChI=1S/C16H21N3O3S/c1-4-11-17-14-12(9(2)13(23-14)16(21)22)15(20)19(11)10-5-7-18(3)8-6-10/h10H,4-8H2,1-3H3,(H,21,22). The minimum atomic E-state index is -0.992. The zero-order valence-corrected chi connectivity index (χ0v) is 14.4. The second-order valence-corrected chi connectivity index (χ2v) is 7.13. The molecule has 7 heteroatoms. The lowest BCUT2D eigenvalue weighted by Gasteiger charge is -2.31. The van der Waals surface area contributed by atoms with Crippen LogP contribution in [0.2, 0.25) is 0 Å². The Kier molecular flexibility index (Phi) is 4.25. The number of fused-ring (bicyclic) bond motifs is 1. The van der Waals surface area contributed by atoms with Gasteiger partial charge < -0.3 is 10.0 Å². The normalized spacial score (nSPS) is 17.0. The molecule has 0 aromatic carbocycles. The van der Waals surface area contributed by atoms with E-state index in [1.807, 2.05) is 11.5 Å². The number of likely N-dealkylation sites (tertiary alicyclic amines) is 1. The fraction of sp³-hybridized carbons (Fsp3) is 0.562. The van der Waals surface area contributed by atoms with Crippen LogP contribution >= 0.6 is 11.3 Å². The highest BCUT2D eigenvalue weighted by Gasteiger charge is 2.25. The van der Waals surface area contributed by atoms with Gasteiger partial charge in [0.1, 0.15) is 15.5 Å². The van der Waals surface area contributed by atoms with Crippen LogP contribution in [0, 0.1) is 6.92 Å². The van der Waals surface area contributed by atoms with Gasteiger partial charge in [-0.3, -0.25) is 9.36 Å². The first-order valence-corrected chi connectivity index (χ1v) is 8.72. The molecule has 1 saturated heterocycles. The van der Waals surface area contributed by atoms with Crippen molar-refractivity contribution in [2.45, 2.75) is 39.2 Å². The van der Waals surface area contributed by atoms with Crippen LogP contribution in [0.3, 0.4) is 0 Å². The summed E-state index contributed by atoms with van der Waals surface area (Å²) in [5.41, 5.74) is 0.460. The number of aromatic carboxylic acids is 1. The average Bonchev–Trinajstić information content (AvgIpc) is 2.85. The maximum atomic E-state index is 13.1. The van der Waals surface area contributed by atoms with Gasteiger partial charge >= 0.3 is 5.97 Å². The van der Waals surface area contributed by atoms with Crippen LogP contribution in [0.25, 0.3) is 10.2 Å². The topological polar surface area (TPSA) is 75.4 Å². The largest absolute Gasteiger partial charge is 0.477 e. The van der Waals surface area contributed by atoms with Crippen molar-refractivity contribution in [1.29, 1.82) is 0 Å². The number of hydrogen-bond acceptors (Lipinski definition) is 5. The van der Waals surface area contributed by atoms with Gasteiger partial charge in [0.25, 0.3) is 5.56 Å². The SMILES string of the molecule is CCc1nc2sc(C(=O)O)c(C)c2c(=O)n1C1CCN(C)CC1. The Balaban J connectivity index is 2.21. The molecular formula is C16H21N3O3S. The van der Waals surface area contributed by atoms with Crippen molar-refractivity contribution < 1.29 is 9.90 Å². The lowest BCUT2D eigenvalue weighted by atomic mass is 10.0. The van der Waals surface area contributed by atoms with E-state index in [2.05, 4.69) is 16.9 Å². The highest BCUT2D eigenvalue weighted by atomic mass is 32.1. The van der Waals surface area contributed by atoms with Gasteiger partial charge in [-0.25, -0.2) is 9.78 Å². The van der Waals surface area contributed by atoms with Gasteiger partial charge in [-0.15, -0.1) is 11.3 Å². The third-order valence-electron chi connectivity index (χ3n) is 4.63. The number of piperidine rings is 1. The first-order chi connectivity index (χ1) is 10.9. The van der Waals surface area contributed by atoms with Crippen LogP contribution in [0.15, 0.2) is 4.79 Å². The summed E-state index contributed by atoms with van der Waals surface area (Å²) in [6, 6.07) is 0.151. The van der Waals surface area contributed by atoms with Crippen molar-refractivity contribution in [2.75, 3.05) is 20.1 Å². The number of carbonyl (C=O) groups is 1. The Morgan fingerprint density at radius 3 is 2.61 bits per heavy atom. The molecule has 0 bridgehead atoms. The van der Waals surface area contributed by atoms with Gasteiger partial charge in [0.05, 0.1) is 5.39 Å². The van der Waals surface area contributed by atoms with E-state index in [-0.39, 0.29) is 16.5 Å². The summed E-state index contributed by atoms with van der Waals surface area (Å²) in [7, 11) is 2.09. The van der Waals surface area contributed by atoms with Crippen LogP contribution in [0.1, 0.15) is 46.9 Å². The predicted octanol–water partition coefficient (Wildman–Crippen LogP) is 2.29. The van der Waals surface area contributed by atoms with Crippen LogP contribution in [0.5, 0.6) is 0 Å². The van der Waals surface area contributed by atoms with E-state index in [0.29, 0.717) is 22.2 Å². The number of hydrogen-bond donors (Lipinski definition) is 1. The first kappa shape index (κ1) is 16.1. The van der Waals surface area contributed by atoms with Gasteiger partial charge in [-0.2, -0.15) is 0 Å². The molecular weight excluding hydrogens is 314 g/mol. The van der Waals surface area contributed by atoms with E-state index >= 15 is 0 Å². The summed E-state index contributed by atoms with van der Waals surface area (Å²) in [5.74, 6) is -0.232. The quantitative estimate of drug-likeness (QED) is 0.931. The highest BCUT2D eigenvalue weighted by molar-refractivity contribution is 7.20. The molecule has 0 spiro atoms. The third kappa shape index (κ3) is 2.68. The molecule has 1 aliphatic heterocycles. The smallest absolute Gasteiger partial charge is 0.346 e. The maximum absolute atomic E-state index is 13.1. The van der Waals surface area contributed by atoms with E-state index in [0.717, 1.165) is 43.1 Å². The fourth-order valence-corrected chi connectivity index (χ4v) is 4.35. The molecule has 0 amide bonds. The lowest BCUT2D eigenvalue weighted by Crippen LogP contribution is -2.37. The van der Waals surface area contributed by atoms with E-state index in [1.54, 1.807) is 6.92 Å². The number of thiophene rings is 1. The van der Waals surface area contributed by atoms with Gasteiger partial charge in [-0.05, 0) is 45.5 Å². The number of aryl methyl sites for hydroxylation is 2. The minimum absolute atomic E-state index is 0.0809. The molecule has 0 unspecified atom stereocenters. The highest BCUT2D eigenvalue weighted by Crippen LogP contribution is 2.29. The Morgan fingerprint density at radius 1 is 1.39 bits per heavy atom. The van der Waals surface area contributed by atoms with Crippen molar-refractivity contribution in [3.8, 4) is 0 Å². The van der Waals surface area contributed by atoms with Crippen molar-refractivity contribution >= 4 is 27.5 Å². The summed E-state index contributed by atoms with van der Waals surface area (Å²) >= 11 is 1.10. The maximum Gasteiger partial charge on any atom is 0.346 e. The molecule has 0 radical (unpaired) electrons. The summed E-state index contributed by atoms with van der Waals surface area (Å²) in [6.45, 7) is 5.61. The van der Waals surface area contributed by atoms with Crippen LogP contribution < -0.4 is 5.56 Å². The van der Waals surface area contributed by atoms with E-state index < -0.39 is 5.97 Å². The monoisotopic (exact) mass is 335 g/mol. The number of aromatic nitrogens is 2. The second kappa shape index (κ2) is 6.05. The first-order valence-electron chi connectivity index (χ1n) is 7.90. The molecule has 0 atom stereocenters. The Labute approximate surface area is 138 Å². The average molecular weight is 335 g/mol.